The molecule has 0 aromatic heterocycles. The Kier molecular flexibility index (Phi) is 6.10. The summed E-state index contributed by atoms with van der Waals surface area (Å²) >= 11 is 3.05. The fourth-order valence-corrected chi connectivity index (χ4v) is 1.56. The molecule has 0 aliphatic rings. The van der Waals surface area contributed by atoms with Crippen molar-refractivity contribution in [2.45, 2.75) is 6.92 Å². The molecule has 0 saturated heterocycles. The number of benzene rings is 1. The number of esters is 1. The van der Waals surface area contributed by atoms with Gasteiger partial charge in [-0.2, -0.15) is 0 Å². The molecule has 6 nitrogen and oxygen atoms in total. The van der Waals surface area contributed by atoms with Crippen LogP contribution < -0.4 is 10.6 Å². The summed E-state index contributed by atoms with van der Waals surface area (Å²) < 4.78 is 18.5. The summed E-state index contributed by atoms with van der Waals surface area (Å²) in [5, 5.41) is 4.28. The fraction of sp³-hybridized carbons (Fsp3) is 0.250. The van der Waals surface area contributed by atoms with E-state index in [-0.39, 0.29) is 5.56 Å². The van der Waals surface area contributed by atoms with Crippen LogP contribution in [0.3, 0.4) is 0 Å². The highest BCUT2D eigenvalue weighted by Crippen LogP contribution is 2.15. The topological polar surface area (TPSA) is 84.5 Å². The lowest BCUT2D eigenvalue weighted by atomic mass is 10.2. The van der Waals surface area contributed by atoms with Crippen LogP contribution in [0.25, 0.3) is 0 Å². The Hall–Kier alpha value is -1.96. The zero-order chi connectivity index (χ0) is 15.1. The molecule has 1 aromatic carbocycles. The highest BCUT2D eigenvalue weighted by molar-refractivity contribution is 9.10. The summed E-state index contributed by atoms with van der Waals surface area (Å²) in [4.78, 5) is 33.8. The van der Waals surface area contributed by atoms with Gasteiger partial charge in [-0.15, -0.1) is 0 Å². The molecule has 108 valence electrons. The minimum Gasteiger partial charge on any atom is -0.452 e. The van der Waals surface area contributed by atoms with Crippen molar-refractivity contribution in [1.82, 2.24) is 10.6 Å². The van der Waals surface area contributed by atoms with Gasteiger partial charge in [0.05, 0.1) is 5.56 Å². The van der Waals surface area contributed by atoms with Crippen molar-refractivity contribution < 1.29 is 23.5 Å². The first-order chi connectivity index (χ1) is 9.43. The third-order valence-electron chi connectivity index (χ3n) is 2.08. The fourth-order valence-electron chi connectivity index (χ4n) is 1.23. The van der Waals surface area contributed by atoms with Crippen LogP contribution in [0.4, 0.5) is 9.18 Å². The maximum absolute atomic E-state index is 13.4. The van der Waals surface area contributed by atoms with Crippen LogP contribution in [0.15, 0.2) is 22.7 Å². The SMILES string of the molecule is CCNC(=O)NC(=O)COC(=O)c1ccc(Br)cc1F. The number of hydrogen-bond acceptors (Lipinski definition) is 4. The van der Waals surface area contributed by atoms with Gasteiger partial charge in [0.25, 0.3) is 5.91 Å². The highest BCUT2D eigenvalue weighted by atomic mass is 79.9. The number of imide groups is 1. The van der Waals surface area contributed by atoms with Gasteiger partial charge in [-0.3, -0.25) is 10.1 Å². The van der Waals surface area contributed by atoms with E-state index in [2.05, 4.69) is 26.0 Å². The summed E-state index contributed by atoms with van der Waals surface area (Å²) in [5.74, 6) is -2.56. The Bertz CT molecular complexity index is 536. The van der Waals surface area contributed by atoms with Crippen molar-refractivity contribution in [3.05, 3.63) is 34.1 Å². The van der Waals surface area contributed by atoms with E-state index >= 15 is 0 Å². The van der Waals surface area contributed by atoms with Gasteiger partial charge in [0.2, 0.25) is 0 Å². The maximum atomic E-state index is 13.4. The molecule has 3 amide bonds. The van der Waals surface area contributed by atoms with Crippen molar-refractivity contribution in [3.8, 4) is 0 Å². The Morgan fingerprint density at radius 2 is 2.05 bits per heavy atom. The van der Waals surface area contributed by atoms with Crippen molar-refractivity contribution in [1.29, 1.82) is 0 Å². The van der Waals surface area contributed by atoms with Crippen molar-refractivity contribution >= 4 is 33.8 Å². The molecule has 2 N–H and O–H groups in total. The number of rotatable bonds is 4. The van der Waals surface area contributed by atoms with E-state index in [1.54, 1.807) is 6.92 Å². The second-order valence-corrected chi connectivity index (χ2v) is 4.52. The van der Waals surface area contributed by atoms with Crippen LogP contribution in [-0.2, 0) is 9.53 Å². The number of urea groups is 1. The lowest BCUT2D eigenvalue weighted by molar-refractivity contribution is -0.123. The zero-order valence-electron chi connectivity index (χ0n) is 10.5. The summed E-state index contributed by atoms with van der Waals surface area (Å²) in [6.07, 6.45) is 0. The van der Waals surface area contributed by atoms with Crippen molar-refractivity contribution in [2.24, 2.45) is 0 Å². The van der Waals surface area contributed by atoms with Crippen LogP contribution >= 0.6 is 15.9 Å². The molecule has 0 radical (unpaired) electrons. The highest BCUT2D eigenvalue weighted by Gasteiger charge is 2.15. The van der Waals surface area contributed by atoms with E-state index in [4.69, 9.17) is 0 Å². The Labute approximate surface area is 122 Å². The second kappa shape index (κ2) is 7.59. The first-order valence-corrected chi connectivity index (χ1v) is 6.43. The van der Waals surface area contributed by atoms with E-state index in [0.717, 1.165) is 6.07 Å². The number of carbonyl (C=O) groups is 3. The molecule has 0 spiro atoms. The molecule has 8 heteroatoms. The molecule has 0 fully saturated rings. The summed E-state index contributed by atoms with van der Waals surface area (Å²) in [6, 6.07) is 3.10. The van der Waals surface area contributed by atoms with Crippen LogP contribution in [0.5, 0.6) is 0 Å². The third kappa shape index (κ3) is 4.96. The second-order valence-electron chi connectivity index (χ2n) is 3.61. The van der Waals surface area contributed by atoms with Gasteiger partial charge < -0.3 is 10.1 Å². The van der Waals surface area contributed by atoms with E-state index < -0.39 is 30.3 Å². The number of nitrogens with one attached hydrogen (secondary N) is 2. The molecule has 0 saturated carbocycles. The van der Waals surface area contributed by atoms with Gasteiger partial charge in [0, 0.05) is 11.0 Å². The lowest BCUT2D eigenvalue weighted by Gasteiger charge is -2.06. The minimum atomic E-state index is -0.985. The average Bonchev–Trinajstić information content (AvgIpc) is 2.36. The van der Waals surface area contributed by atoms with Crippen LogP contribution in [0.2, 0.25) is 0 Å². The monoisotopic (exact) mass is 346 g/mol. The molecule has 0 heterocycles. The number of halogens is 2. The average molecular weight is 347 g/mol. The number of ether oxygens (including phenoxy) is 1. The Morgan fingerprint density at radius 1 is 1.35 bits per heavy atom. The summed E-state index contributed by atoms with van der Waals surface area (Å²) in [6.45, 7) is 1.36. The van der Waals surface area contributed by atoms with Crippen LogP contribution in [0.1, 0.15) is 17.3 Å². The van der Waals surface area contributed by atoms with Gasteiger partial charge in [0.1, 0.15) is 5.82 Å². The van der Waals surface area contributed by atoms with Crippen LogP contribution in [0, 0.1) is 5.82 Å². The molecule has 20 heavy (non-hydrogen) atoms. The Balaban J connectivity index is 2.51. The molecule has 0 aliphatic carbocycles. The first kappa shape index (κ1) is 16.1. The molecule has 0 unspecified atom stereocenters. The molecule has 1 rings (SSSR count). The maximum Gasteiger partial charge on any atom is 0.341 e. The number of amides is 3. The third-order valence-corrected chi connectivity index (χ3v) is 2.57. The molecule has 0 atom stereocenters. The normalized spacial score (nSPS) is 9.75. The van der Waals surface area contributed by atoms with Gasteiger partial charge in [0.15, 0.2) is 6.61 Å². The van der Waals surface area contributed by atoms with Gasteiger partial charge in [-0.25, -0.2) is 14.0 Å². The van der Waals surface area contributed by atoms with Gasteiger partial charge in [-0.05, 0) is 25.1 Å². The van der Waals surface area contributed by atoms with Crippen molar-refractivity contribution in [2.75, 3.05) is 13.2 Å². The number of carbonyl (C=O) groups excluding carboxylic acids is 3. The molecular weight excluding hydrogens is 335 g/mol. The van der Waals surface area contributed by atoms with E-state index in [0.29, 0.717) is 11.0 Å². The lowest BCUT2D eigenvalue weighted by Crippen LogP contribution is -2.41. The predicted molar refractivity (Wildman–Crippen MR) is 71.6 cm³/mol. The molecule has 0 bridgehead atoms. The largest absolute Gasteiger partial charge is 0.452 e. The Morgan fingerprint density at radius 3 is 2.65 bits per heavy atom. The smallest absolute Gasteiger partial charge is 0.341 e. The summed E-state index contributed by atoms with van der Waals surface area (Å²) in [7, 11) is 0. The quantitative estimate of drug-likeness (QED) is 0.811. The molecule has 1 aromatic rings. The van der Waals surface area contributed by atoms with Gasteiger partial charge in [-0.1, -0.05) is 15.9 Å². The zero-order valence-corrected chi connectivity index (χ0v) is 12.1. The standard InChI is InChI=1S/C12H12BrFN2O4/c1-2-15-12(19)16-10(17)6-20-11(18)8-4-3-7(13)5-9(8)14/h3-5H,2,6H2,1H3,(H2,15,16,17,19). The summed E-state index contributed by atoms with van der Waals surface area (Å²) in [5.41, 5.74) is -0.293. The minimum absolute atomic E-state index is 0.293. The van der Waals surface area contributed by atoms with E-state index in [1.807, 2.05) is 5.32 Å². The van der Waals surface area contributed by atoms with E-state index in [9.17, 15) is 18.8 Å². The van der Waals surface area contributed by atoms with Crippen LogP contribution in [-0.4, -0.2) is 31.1 Å². The predicted octanol–water partition coefficient (Wildman–Crippen LogP) is 1.59. The van der Waals surface area contributed by atoms with E-state index in [1.165, 1.54) is 12.1 Å². The first-order valence-electron chi connectivity index (χ1n) is 5.64. The molecule has 0 aliphatic heterocycles. The van der Waals surface area contributed by atoms with Crippen molar-refractivity contribution in [3.63, 3.8) is 0 Å². The van der Waals surface area contributed by atoms with Gasteiger partial charge >= 0.3 is 12.0 Å². The molecular formula is C12H12BrFN2O4. The number of hydrogen-bond donors (Lipinski definition) is 2.